The maximum absolute atomic E-state index is 13.3. The van der Waals surface area contributed by atoms with Crippen LogP contribution >= 0.6 is 11.3 Å². The van der Waals surface area contributed by atoms with Gasteiger partial charge in [0.25, 0.3) is 0 Å². The Hall–Kier alpha value is -2.44. The minimum Gasteiger partial charge on any atom is -0.372 e. The van der Waals surface area contributed by atoms with Gasteiger partial charge in [-0.2, -0.15) is 5.10 Å². The lowest BCUT2D eigenvalue weighted by Gasteiger charge is -2.35. The maximum atomic E-state index is 13.3. The molecule has 0 bridgehead atoms. The van der Waals surface area contributed by atoms with Crippen molar-refractivity contribution in [3.05, 3.63) is 70.2 Å². The number of rotatable bonds is 3. The number of benzene rings is 1. The molecule has 0 aliphatic carbocycles. The lowest BCUT2D eigenvalue weighted by atomic mass is 9.97. The number of carbonyl (C=O) groups is 1. The zero-order chi connectivity index (χ0) is 18.2. The standard InChI is InChI=1S/C21H21N3O2S/c25-20(13-19-21-15(6-10-26-19)7-11-27-21)23-14-17(24-9-3-8-22-24)12-16-4-1-2-5-18(16)23/h1-5,7-9,11,17,19H,6,10,12-14H2/t17-,19+/m1/s1. The Bertz CT molecular complexity index is 950. The average Bonchev–Trinajstić information content (AvgIpc) is 3.39. The average molecular weight is 379 g/mol. The van der Waals surface area contributed by atoms with E-state index in [2.05, 4.69) is 22.6 Å². The van der Waals surface area contributed by atoms with Crippen molar-refractivity contribution in [2.75, 3.05) is 18.1 Å². The minimum absolute atomic E-state index is 0.116. The molecule has 1 aromatic carbocycles. The molecule has 0 saturated heterocycles. The summed E-state index contributed by atoms with van der Waals surface area (Å²) in [6, 6.07) is 12.4. The Balaban J connectivity index is 1.42. The van der Waals surface area contributed by atoms with Gasteiger partial charge in [-0.1, -0.05) is 18.2 Å². The van der Waals surface area contributed by atoms with Gasteiger partial charge in [-0.15, -0.1) is 11.3 Å². The Morgan fingerprint density at radius 1 is 1.22 bits per heavy atom. The molecular formula is C21H21N3O2S. The molecule has 0 spiro atoms. The first kappa shape index (κ1) is 16.7. The number of hydrogen-bond donors (Lipinski definition) is 0. The summed E-state index contributed by atoms with van der Waals surface area (Å²) in [5, 5.41) is 6.50. The van der Waals surface area contributed by atoms with E-state index in [1.807, 2.05) is 40.0 Å². The van der Waals surface area contributed by atoms with Gasteiger partial charge in [0.1, 0.15) is 6.10 Å². The normalized spacial score (nSPS) is 21.6. The third-order valence-corrected chi connectivity index (χ3v) is 6.51. The highest BCUT2D eigenvalue weighted by Gasteiger charge is 2.32. The number of thiophene rings is 1. The molecule has 0 radical (unpaired) electrons. The summed E-state index contributed by atoms with van der Waals surface area (Å²) in [6.45, 7) is 1.33. The molecule has 27 heavy (non-hydrogen) atoms. The summed E-state index contributed by atoms with van der Waals surface area (Å²) >= 11 is 1.70. The Morgan fingerprint density at radius 2 is 2.15 bits per heavy atom. The quantitative estimate of drug-likeness (QED) is 0.696. The van der Waals surface area contributed by atoms with E-state index in [0.29, 0.717) is 19.6 Å². The van der Waals surface area contributed by atoms with Crippen LogP contribution in [0.4, 0.5) is 5.69 Å². The molecular weight excluding hydrogens is 358 g/mol. The van der Waals surface area contributed by atoms with Gasteiger partial charge in [0.05, 0.1) is 19.1 Å². The second-order valence-corrected chi connectivity index (χ2v) is 8.05. The van der Waals surface area contributed by atoms with Crippen LogP contribution in [0.1, 0.15) is 34.6 Å². The molecule has 5 nitrogen and oxygen atoms in total. The Morgan fingerprint density at radius 3 is 3.04 bits per heavy atom. The molecule has 2 aliphatic rings. The number of para-hydroxylation sites is 1. The molecule has 3 aromatic rings. The first-order chi connectivity index (χ1) is 13.3. The molecule has 0 saturated carbocycles. The Kier molecular flexibility index (Phi) is 4.30. The molecule has 0 unspecified atom stereocenters. The first-order valence-electron chi connectivity index (χ1n) is 9.35. The second-order valence-electron chi connectivity index (χ2n) is 7.10. The van der Waals surface area contributed by atoms with E-state index in [0.717, 1.165) is 18.5 Å². The smallest absolute Gasteiger partial charge is 0.230 e. The van der Waals surface area contributed by atoms with Crippen LogP contribution in [0.3, 0.4) is 0 Å². The number of carbonyl (C=O) groups excluding carboxylic acids is 1. The van der Waals surface area contributed by atoms with Crippen LogP contribution < -0.4 is 4.90 Å². The van der Waals surface area contributed by atoms with E-state index in [1.165, 1.54) is 16.0 Å². The molecule has 1 amide bonds. The third kappa shape index (κ3) is 3.09. The highest BCUT2D eigenvalue weighted by molar-refractivity contribution is 7.10. The van der Waals surface area contributed by atoms with Gasteiger partial charge in [0.15, 0.2) is 0 Å². The fourth-order valence-corrected chi connectivity index (χ4v) is 5.13. The molecule has 138 valence electrons. The number of hydrogen-bond acceptors (Lipinski definition) is 4. The lowest BCUT2D eigenvalue weighted by molar-refractivity contribution is -0.122. The van der Waals surface area contributed by atoms with Crippen molar-refractivity contribution in [2.45, 2.75) is 31.4 Å². The molecule has 2 aliphatic heterocycles. The minimum atomic E-state index is -0.126. The molecule has 2 aromatic heterocycles. The summed E-state index contributed by atoms with van der Waals surface area (Å²) in [7, 11) is 0. The molecule has 0 fully saturated rings. The SMILES string of the molecule is O=C(C[C@@H]1OCCc2ccsc21)N1C[C@H](n2cccn2)Cc2ccccc21. The largest absolute Gasteiger partial charge is 0.372 e. The molecule has 2 atom stereocenters. The van der Waals surface area contributed by atoms with Crippen molar-refractivity contribution in [3.8, 4) is 0 Å². The molecule has 0 N–H and O–H groups in total. The first-order valence-corrected chi connectivity index (χ1v) is 10.2. The monoisotopic (exact) mass is 379 g/mol. The van der Waals surface area contributed by atoms with Crippen LogP contribution in [0.2, 0.25) is 0 Å². The lowest BCUT2D eigenvalue weighted by Crippen LogP contribution is -2.41. The van der Waals surface area contributed by atoms with Crippen molar-refractivity contribution >= 4 is 22.9 Å². The fourth-order valence-electron chi connectivity index (χ4n) is 4.13. The van der Waals surface area contributed by atoms with Crippen molar-refractivity contribution < 1.29 is 9.53 Å². The van der Waals surface area contributed by atoms with Crippen LogP contribution in [-0.2, 0) is 22.4 Å². The summed E-state index contributed by atoms with van der Waals surface area (Å²) in [5.41, 5.74) is 3.55. The van der Waals surface area contributed by atoms with E-state index in [4.69, 9.17) is 4.74 Å². The number of nitrogens with zero attached hydrogens (tertiary/aromatic N) is 3. The van der Waals surface area contributed by atoms with Gasteiger partial charge < -0.3 is 9.64 Å². The zero-order valence-corrected chi connectivity index (χ0v) is 15.8. The fraction of sp³-hybridized carbons (Fsp3) is 0.333. The third-order valence-electron chi connectivity index (χ3n) is 5.45. The van der Waals surface area contributed by atoms with Crippen molar-refractivity contribution in [1.29, 1.82) is 0 Å². The van der Waals surface area contributed by atoms with Crippen LogP contribution in [0.5, 0.6) is 0 Å². The summed E-state index contributed by atoms with van der Waals surface area (Å²) < 4.78 is 7.92. The van der Waals surface area contributed by atoms with E-state index in [9.17, 15) is 4.79 Å². The van der Waals surface area contributed by atoms with E-state index < -0.39 is 0 Å². The number of ether oxygens (including phenoxy) is 1. The Labute approximate surface area is 162 Å². The molecule has 4 heterocycles. The van der Waals surface area contributed by atoms with Gasteiger partial charge in [0, 0.05) is 29.5 Å². The van der Waals surface area contributed by atoms with E-state index >= 15 is 0 Å². The summed E-state index contributed by atoms with van der Waals surface area (Å²) in [4.78, 5) is 16.4. The van der Waals surface area contributed by atoms with Gasteiger partial charge in [-0.05, 0) is 47.5 Å². The number of amides is 1. The highest BCUT2D eigenvalue weighted by Crippen LogP contribution is 2.37. The van der Waals surface area contributed by atoms with Gasteiger partial charge in [-0.25, -0.2) is 0 Å². The molecule has 6 heteroatoms. The maximum Gasteiger partial charge on any atom is 0.230 e. The zero-order valence-electron chi connectivity index (χ0n) is 15.0. The van der Waals surface area contributed by atoms with Gasteiger partial charge >= 0.3 is 0 Å². The topological polar surface area (TPSA) is 47.4 Å². The van der Waals surface area contributed by atoms with Crippen LogP contribution in [0.25, 0.3) is 0 Å². The molecule has 5 rings (SSSR count). The van der Waals surface area contributed by atoms with Crippen LogP contribution in [0, 0.1) is 0 Å². The number of anilines is 1. The number of fused-ring (bicyclic) bond motifs is 2. The predicted molar refractivity (Wildman–Crippen MR) is 105 cm³/mol. The van der Waals surface area contributed by atoms with Crippen molar-refractivity contribution in [2.24, 2.45) is 0 Å². The summed E-state index contributed by atoms with van der Waals surface area (Å²) in [5.74, 6) is 0.116. The van der Waals surface area contributed by atoms with E-state index in [-0.39, 0.29) is 18.1 Å². The van der Waals surface area contributed by atoms with Gasteiger partial charge in [0.2, 0.25) is 5.91 Å². The summed E-state index contributed by atoms with van der Waals surface area (Å²) in [6.07, 6.45) is 5.85. The van der Waals surface area contributed by atoms with E-state index in [1.54, 1.807) is 17.5 Å². The van der Waals surface area contributed by atoms with Crippen molar-refractivity contribution in [1.82, 2.24) is 9.78 Å². The number of aromatic nitrogens is 2. The van der Waals surface area contributed by atoms with Crippen LogP contribution in [0.15, 0.2) is 54.2 Å². The highest BCUT2D eigenvalue weighted by atomic mass is 32.1. The van der Waals surface area contributed by atoms with Gasteiger partial charge in [-0.3, -0.25) is 9.48 Å². The second kappa shape index (κ2) is 6.94. The predicted octanol–water partition coefficient (Wildman–Crippen LogP) is 3.78. The van der Waals surface area contributed by atoms with Crippen LogP contribution in [-0.4, -0.2) is 28.8 Å². The van der Waals surface area contributed by atoms with Crippen molar-refractivity contribution in [3.63, 3.8) is 0 Å².